The van der Waals surface area contributed by atoms with Gasteiger partial charge in [-0.05, 0) is 38.3 Å². The molecule has 0 aromatic rings. The minimum atomic E-state index is 0.849. The van der Waals surface area contributed by atoms with E-state index >= 15 is 0 Å². The summed E-state index contributed by atoms with van der Waals surface area (Å²) in [5.74, 6) is 0. The van der Waals surface area contributed by atoms with Crippen LogP contribution < -0.4 is 0 Å². The highest BCUT2D eigenvalue weighted by Crippen LogP contribution is 2.20. The summed E-state index contributed by atoms with van der Waals surface area (Å²) < 4.78 is 0. The maximum absolute atomic E-state index is 6.19. The van der Waals surface area contributed by atoms with E-state index in [1.54, 1.807) is 0 Å². The van der Waals surface area contributed by atoms with Gasteiger partial charge in [0, 0.05) is 5.03 Å². The summed E-state index contributed by atoms with van der Waals surface area (Å²) in [6.07, 6.45) is 10.0. The minimum Gasteiger partial charge on any atom is -0.0987 e. The van der Waals surface area contributed by atoms with Crippen LogP contribution in [0.4, 0.5) is 0 Å². The van der Waals surface area contributed by atoms with Gasteiger partial charge in [0.25, 0.3) is 0 Å². The van der Waals surface area contributed by atoms with Crippen molar-refractivity contribution in [3.8, 4) is 0 Å². The van der Waals surface area contributed by atoms with E-state index < -0.39 is 0 Å². The fourth-order valence-corrected chi connectivity index (χ4v) is 1.80. The summed E-state index contributed by atoms with van der Waals surface area (Å²) in [5, 5.41) is 0.849. The van der Waals surface area contributed by atoms with Crippen molar-refractivity contribution in [1.82, 2.24) is 0 Å². The zero-order chi connectivity index (χ0) is 13.7. The lowest BCUT2D eigenvalue weighted by Crippen LogP contribution is -1.84. The molecule has 0 spiro atoms. The van der Waals surface area contributed by atoms with E-state index in [1.807, 2.05) is 26.0 Å². The molecular weight excluding hydrogens is 228 g/mol. The molecule has 0 aromatic carbocycles. The van der Waals surface area contributed by atoms with Gasteiger partial charge >= 0.3 is 0 Å². The van der Waals surface area contributed by atoms with Crippen molar-refractivity contribution in [2.45, 2.75) is 66.7 Å². The highest BCUT2D eigenvalue weighted by atomic mass is 35.5. The molecule has 0 atom stereocenters. The van der Waals surface area contributed by atoms with Crippen molar-refractivity contribution in [3.05, 3.63) is 34.9 Å². The van der Waals surface area contributed by atoms with Gasteiger partial charge in [-0.1, -0.05) is 69.9 Å². The molecule has 0 fully saturated rings. The van der Waals surface area contributed by atoms with Gasteiger partial charge in [-0.3, -0.25) is 0 Å². The minimum absolute atomic E-state index is 0.849. The van der Waals surface area contributed by atoms with Gasteiger partial charge in [-0.25, -0.2) is 0 Å². The quantitative estimate of drug-likeness (QED) is 0.354. The van der Waals surface area contributed by atoms with Crippen LogP contribution in [0.1, 0.15) is 66.7 Å². The van der Waals surface area contributed by atoms with Crippen LogP contribution in [0.15, 0.2) is 34.9 Å². The third-order valence-corrected chi connectivity index (χ3v) is 2.62. The van der Waals surface area contributed by atoms with Crippen molar-refractivity contribution in [1.29, 1.82) is 0 Å². The van der Waals surface area contributed by atoms with Crippen LogP contribution in [-0.4, -0.2) is 0 Å². The Labute approximate surface area is 113 Å². The molecule has 0 aliphatic heterocycles. The highest BCUT2D eigenvalue weighted by molar-refractivity contribution is 6.31. The van der Waals surface area contributed by atoms with E-state index in [0.29, 0.717) is 0 Å². The summed E-state index contributed by atoms with van der Waals surface area (Å²) in [7, 11) is 0. The van der Waals surface area contributed by atoms with Gasteiger partial charge in [-0.2, -0.15) is 0 Å². The normalized spacial score (nSPS) is 10.9. The molecule has 0 aromatic heterocycles. The second kappa shape index (κ2) is 13.6. The Balaban J connectivity index is 0. The Kier molecular flexibility index (Phi) is 15.1. The number of halogens is 1. The van der Waals surface area contributed by atoms with E-state index in [1.165, 1.54) is 36.8 Å². The number of hydrogen-bond donors (Lipinski definition) is 0. The molecule has 0 aliphatic rings. The predicted molar refractivity (Wildman–Crippen MR) is 82.6 cm³/mol. The van der Waals surface area contributed by atoms with E-state index in [0.717, 1.165) is 11.5 Å². The largest absolute Gasteiger partial charge is 0.0987 e. The summed E-state index contributed by atoms with van der Waals surface area (Å²) in [5.41, 5.74) is 2.40. The van der Waals surface area contributed by atoms with Crippen LogP contribution in [0.2, 0.25) is 0 Å². The molecule has 100 valence electrons. The monoisotopic (exact) mass is 256 g/mol. The van der Waals surface area contributed by atoms with Gasteiger partial charge in [0.2, 0.25) is 0 Å². The maximum Gasteiger partial charge on any atom is 0.0437 e. The fourth-order valence-electron chi connectivity index (χ4n) is 1.41. The maximum atomic E-state index is 6.19. The third kappa shape index (κ3) is 11.8. The molecule has 0 aliphatic carbocycles. The lowest BCUT2D eigenvalue weighted by Gasteiger charge is -2.04. The SMILES string of the molecule is C=C/C(CCCCCC)=C(/Cl)C=C(C)C.CC. The van der Waals surface area contributed by atoms with Crippen molar-refractivity contribution >= 4 is 11.6 Å². The smallest absolute Gasteiger partial charge is 0.0437 e. The first kappa shape index (κ1) is 18.9. The Hall–Kier alpha value is -0.490. The number of hydrogen-bond acceptors (Lipinski definition) is 0. The van der Waals surface area contributed by atoms with Gasteiger partial charge in [0.1, 0.15) is 0 Å². The first-order valence-corrected chi connectivity index (χ1v) is 7.15. The fraction of sp³-hybridized carbons (Fsp3) is 0.625. The molecule has 0 rings (SSSR count). The molecule has 0 bridgehead atoms. The summed E-state index contributed by atoms with van der Waals surface area (Å²) in [6, 6.07) is 0. The molecule has 17 heavy (non-hydrogen) atoms. The third-order valence-electron chi connectivity index (χ3n) is 2.27. The predicted octanol–water partition coefficient (Wildman–Crippen LogP) is 6.63. The molecule has 0 N–H and O–H groups in total. The zero-order valence-corrected chi connectivity index (χ0v) is 13.0. The summed E-state index contributed by atoms with van der Waals surface area (Å²) in [4.78, 5) is 0. The van der Waals surface area contributed by atoms with Crippen LogP contribution in [0.5, 0.6) is 0 Å². The molecule has 0 heterocycles. The Morgan fingerprint density at radius 3 is 2.12 bits per heavy atom. The van der Waals surface area contributed by atoms with E-state index in [4.69, 9.17) is 11.6 Å². The Morgan fingerprint density at radius 2 is 1.71 bits per heavy atom. The molecule has 0 unspecified atom stereocenters. The first-order chi connectivity index (χ1) is 8.11. The summed E-state index contributed by atoms with van der Waals surface area (Å²) >= 11 is 6.19. The van der Waals surface area contributed by atoms with E-state index in [9.17, 15) is 0 Å². The van der Waals surface area contributed by atoms with Crippen molar-refractivity contribution in [2.75, 3.05) is 0 Å². The Morgan fingerprint density at radius 1 is 1.12 bits per heavy atom. The molecule has 1 heteroatoms. The molecular formula is C16H29Cl. The van der Waals surface area contributed by atoms with Gasteiger partial charge in [0.15, 0.2) is 0 Å². The summed E-state index contributed by atoms with van der Waals surface area (Å²) in [6.45, 7) is 14.2. The molecule has 0 saturated carbocycles. The lowest BCUT2D eigenvalue weighted by atomic mass is 10.1. The second-order valence-electron chi connectivity index (χ2n) is 4.11. The van der Waals surface area contributed by atoms with Crippen molar-refractivity contribution in [3.63, 3.8) is 0 Å². The molecule has 0 saturated heterocycles. The average molecular weight is 257 g/mol. The standard InChI is InChI=1S/C14H23Cl.C2H6/c1-5-7-8-9-10-13(6-2)14(15)11-12(3)4;1-2/h6,11H,2,5,7-10H2,1,3-4H3;1-2H3/b14-13-;. The van der Waals surface area contributed by atoms with Gasteiger partial charge < -0.3 is 0 Å². The van der Waals surface area contributed by atoms with Crippen LogP contribution in [-0.2, 0) is 0 Å². The van der Waals surface area contributed by atoms with Gasteiger partial charge in [0.05, 0.1) is 0 Å². The lowest BCUT2D eigenvalue weighted by molar-refractivity contribution is 0.668. The van der Waals surface area contributed by atoms with E-state index in [-0.39, 0.29) is 0 Å². The topological polar surface area (TPSA) is 0 Å². The Bertz CT molecular complexity index is 242. The molecule has 0 amide bonds. The molecule has 0 radical (unpaired) electrons. The highest BCUT2D eigenvalue weighted by Gasteiger charge is 1.98. The van der Waals surface area contributed by atoms with Crippen molar-refractivity contribution < 1.29 is 0 Å². The number of allylic oxidation sites excluding steroid dienone is 5. The van der Waals surface area contributed by atoms with Crippen LogP contribution in [0.25, 0.3) is 0 Å². The molecule has 0 nitrogen and oxygen atoms in total. The average Bonchev–Trinajstić information content (AvgIpc) is 2.31. The van der Waals surface area contributed by atoms with Gasteiger partial charge in [-0.15, -0.1) is 0 Å². The van der Waals surface area contributed by atoms with E-state index in [2.05, 4.69) is 27.4 Å². The van der Waals surface area contributed by atoms with Crippen LogP contribution in [0.3, 0.4) is 0 Å². The second-order valence-corrected chi connectivity index (χ2v) is 4.52. The zero-order valence-electron chi connectivity index (χ0n) is 12.3. The number of unbranched alkanes of at least 4 members (excludes halogenated alkanes) is 3. The number of rotatable bonds is 7. The van der Waals surface area contributed by atoms with Crippen LogP contribution >= 0.6 is 11.6 Å². The van der Waals surface area contributed by atoms with Crippen LogP contribution in [0, 0.1) is 0 Å². The van der Waals surface area contributed by atoms with Crippen molar-refractivity contribution in [2.24, 2.45) is 0 Å². The first-order valence-electron chi connectivity index (χ1n) is 6.77.